The van der Waals surface area contributed by atoms with Gasteiger partial charge in [-0.25, -0.2) is 4.79 Å². The highest BCUT2D eigenvalue weighted by Crippen LogP contribution is 2.12. The van der Waals surface area contributed by atoms with E-state index in [1.807, 2.05) is 13.8 Å². The first-order valence-corrected chi connectivity index (χ1v) is 6.51. The molecule has 0 aliphatic carbocycles. The summed E-state index contributed by atoms with van der Waals surface area (Å²) in [5, 5.41) is 3.26. The van der Waals surface area contributed by atoms with Crippen LogP contribution in [-0.4, -0.2) is 25.0 Å². The molecule has 0 aliphatic rings. The topological polar surface area (TPSA) is 55.4 Å². The van der Waals surface area contributed by atoms with Gasteiger partial charge in [0.15, 0.2) is 0 Å². The van der Waals surface area contributed by atoms with E-state index in [9.17, 15) is 9.59 Å². The van der Waals surface area contributed by atoms with E-state index >= 15 is 0 Å². The molecule has 0 radical (unpaired) electrons. The zero-order chi connectivity index (χ0) is 14.4. The van der Waals surface area contributed by atoms with Crippen molar-refractivity contribution in [2.45, 2.75) is 26.3 Å². The van der Waals surface area contributed by atoms with Crippen LogP contribution in [0.3, 0.4) is 0 Å². The van der Waals surface area contributed by atoms with Crippen molar-refractivity contribution in [3.8, 4) is 0 Å². The van der Waals surface area contributed by atoms with Crippen molar-refractivity contribution in [2.75, 3.05) is 7.11 Å². The number of halogens is 1. The second-order valence-corrected chi connectivity index (χ2v) is 4.80. The van der Waals surface area contributed by atoms with E-state index in [0.717, 1.165) is 6.42 Å². The Bertz CT molecular complexity index is 445. The van der Waals surface area contributed by atoms with Crippen LogP contribution < -0.4 is 5.32 Å². The predicted octanol–water partition coefficient (Wildman–Crippen LogP) is 2.66. The number of methoxy groups -OCH3 is 1. The Morgan fingerprint density at radius 2 is 1.89 bits per heavy atom. The summed E-state index contributed by atoms with van der Waals surface area (Å²) in [6, 6.07) is 5.85. The fourth-order valence-electron chi connectivity index (χ4n) is 1.62. The summed E-state index contributed by atoms with van der Waals surface area (Å²) in [5.41, 5.74) is 0.460. The number of amides is 1. The van der Waals surface area contributed by atoms with Crippen molar-refractivity contribution >= 4 is 23.5 Å². The van der Waals surface area contributed by atoms with E-state index in [-0.39, 0.29) is 11.8 Å². The fourth-order valence-corrected chi connectivity index (χ4v) is 1.75. The third-order valence-corrected chi connectivity index (χ3v) is 3.31. The molecule has 1 N–H and O–H groups in total. The monoisotopic (exact) mass is 283 g/mol. The summed E-state index contributed by atoms with van der Waals surface area (Å²) < 4.78 is 4.72. The Balaban J connectivity index is 2.81. The van der Waals surface area contributed by atoms with E-state index in [0.29, 0.717) is 10.6 Å². The summed E-state index contributed by atoms with van der Waals surface area (Å²) in [5.74, 6) is -0.743. The van der Waals surface area contributed by atoms with Gasteiger partial charge < -0.3 is 10.1 Å². The Hall–Kier alpha value is -1.55. The third-order valence-electron chi connectivity index (χ3n) is 3.06. The van der Waals surface area contributed by atoms with Crippen LogP contribution >= 0.6 is 11.6 Å². The molecule has 1 aromatic carbocycles. The first-order valence-electron chi connectivity index (χ1n) is 6.13. The van der Waals surface area contributed by atoms with Crippen LogP contribution in [0.25, 0.3) is 0 Å². The van der Waals surface area contributed by atoms with Gasteiger partial charge in [0.25, 0.3) is 5.91 Å². The molecule has 104 valence electrons. The summed E-state index contributed by atoms with van der Waals surface area (Å²) in [7, 11) is 1.31. The molecule has 0 aromatic heterocycles. The zero-order valence-electron chi connectivity index (χ0n) is 11.3. The summed E-state index contributed by atoms with van der Waals surface area (Å²) in [6.07, 6.45) is 0.765. The van der Waals surface area contributed by atoms with Gasteiger partial charge in [-0.05, 0) is 30.2 Å². The van der Waals surface area contributed by atoms with Gasteiger partial charge >= 0.3 is 5.97 Å². The smallest absolute Gasteiger partial charge is 0.328 e. The van der Waals surface area contributed by atoms with Crippen molar-refractivity contribution in [1.82, 2.24) is 5.32 Å². The van der Waals surface area contributed by atoms with Crippen LogP contribution in [0.1, 0.15) is 30.6 Å². The number of carbonyl (C=O) groups excluding carboxylic acids is 2. The molecule has 0 saturated carbocycles. The Morgan fingerprint density at radius 3 is 2.37 bits per heavy atom. The molecule has 0 saturated heterocycles. The molecule has 0 fully saturated rings. The first-order chi connectivity index (χ1) is 8.99. The molecule has 1 aromatic rings. The second-order valence-electron chi connectivity index (χ2n) is 4.37. The largest absolute Gasteiger partial charge is 0.467 e. The maximum atomic E-state index is 12.0. The van der Waals surface area contributed by atoms with Crippen LogP contribution in [0.15, 0.2) is 24.3 Å². The number of hydrogen-bond acceptors (Lipinski definition) is 3. The van der Waals surface area contributed by atoms with Crippen molar-refractivity contribution in [3.05, 3.63) is 34.9 Å². The van der Waals surface area contributed by atoms with E-state index in [1.54, 1.807) is 24.3 Å². The molecule has 0 spiro atoms. The second kappa shape index (κ2) is 7.14. The Kier molecular flexibility index (Phi) is 5.83. The number of esters is 1. The van der Waals surface area contributed by atoms with E-state index in [2.05, 4.69) is 5.32 Å². The van der Waals surface area contributed by atoms with Gasteiger partial charge in [-0.1, -0.05) is 31.9 Å². The van der Waals surface area contributed by atoms with E-state index in [1.165, 1.54) is 7.11 Å². The quantitative estimate of drug-likeness (QED) is 0.845. The summed E-state index contributed by atoms with van der Waals surface area (Å²) in [4.78, 5) is 23.7. The summed E-state index contributed by atoms with van der Waals surface area (Å²) in [6.45, 7) is 3.85. The SMILES string of the molecule is CC[C@H](C)[C@H](NC(=O)c1ccc(Cl)cc1)C(=O)OC. The molecule has 5 heteroatoms. The van der Waals surface area contributed by atoms with Crippen LogP contribution in [0.5, 0.6) is 0 Å². The van der Waals surface area contributed by atoms with Crippen LogP contribution in [-0.2, 0) is 9.53 Å². The number of benzene rings is 1. The molecular formula is C14H18ClNO3. The van der Waals surface area contributed by atoms with Gasteiger partial charge in [-0.3, -0.25) is 4.79 Å². The molecule has 0 bridgehead atoms. The molecular weight excluding hydrogens is 266 g/mol. The molecule has 0 unspecified atom stereocenters. The standard InChI is InChI=1S/C14H18ClNO3/c1-4-9(2)12(14(18)19-3)16-13(17)10-5-7-11(15)8-6-10/h5-9,12H,4H2,1-3H3,(H,16,17)/t9-,12-/m0/s1. The molecule has 0 heterocycles. The minimum absolute atomic E-state index is 0.00343. The highest BCUT2D eigenvalue weighted by molar-refractivity contribution is 6.30. The molecule has 19 heavy (non-hydrogen) atoms. The number of carbonyl (C=O) groups is 2. The maximum absolute atomic E-state index is 12.0. The molecule has 0 aliphatic heterocycles. The minimum Gasteiger partial charge on any atom is -0.467 e. The Morgan fingerprint density at radius 1 is 1.32 bits per heavy atom. The van der Waals surface area contributed by atoms with Gasteiger partial charge in [0.2, 0.25) is 0 Å². The number of rotatable bonds is 5. The van der Waals surface area contributed by atoms with Crippen molar-refractivity contribution in [1.29, 1.82) is 0 Å². The maximum Gasteiger partial charge on any atom is 0.328 e. The van der Waals surface area contributed by atoms with Crippen LogP contribution in [0, 0.1) is 5.92 Å². The van der Waals surface area contributed by atoms with Gasteiger partial charge in [-0.15, -0.1) is 0 Å². The lowest BCUT2D eigenvalue weighted by Gasteiger charge is -2.21. The van der Waals surface area contributed by atoms with Gasteiger partial charge in [0.1, 0.15) is 6.04 Å². The number of nitrogens with one attached hydrogen (secondary N) is 1. The van der Waals surface area contributed by atoms with Crippen molar-refractivity contribution < 1.29 is 14.3 Å². The third kappa shape index (κ3) is 4.24. The molecule has 4 nitrogen and oxygen atoms in total. The van der Waals surface area contributed by atoms with Crippen molar-refractivity contribution in [2.24, 2.45) is 5.92 Å². The van der Waals surface area contributed by atoms with Gasteiger partial charge in [-0.2, -0.15) is 0 Å². The zero-order valence-corrected chi connectivity index (χ0v) is 12.0. The lowest BCUT2D eigenvalue weighted by Crippen LogP contribution is -2.45. The number of ether oxygens (including phenoxy) is 1. The van der Waals surface area contributed by atoms with E-state index < -0.39 is 12.0 Å². The average Bonchev–Trinajstić information content (AvgIpc) is 2.43. The number of hydrogen-bond donors (Lipinski definition) is 1. The molecule has 1 rings (SSSR count). The van der Waals surface area contributed by atoms with Gasteiger partial charge in [0.05, 0.1) is 7.11 Å². The first kappa shape index (κ1) is 15.5. The van der Waals surface area contributed by atoms with Crippen LogP contribution in [0.4, 0.5) is 0 Å². The highest BCUT2D eigenvalue weighted by Gasteiger charge is 2.26. The highest BCUT2D eigenvalue weighted by atomic mass is 35.5. The molecule has 1 amide bonds. The lowest BCUT2D eigenvalue weighted by molar-refractivity contribution is -0.144. The van der Waals surface area contributed by atoms with Gasteiger partial charge in [0, 0.05) is 10.6 Å². The average molecular weight is 284 g/mol. The summed E-state index contributed by atoms with van der Waals surface area (Å²) >= 11 is 5.76. The predicted molar refractivity (Wildman–Crippen MR) is 74.2 cm³/mol. The van der Waals surface area contributed by atoms with E-state index in [4.69, 9.17) is 16.3 Å². The Labute approximate surface area is 118 Å². The normalized spacial score (nSPS) is 13.5. The van der Waals surface area contributed by atoms with Crippen LogP contribution in [0.2, 0.25) is 5.02 Å². The molecule has 2 atom stereocenters. The lowest BCUT2D eigenvalue weighted by atomic mass is 9.99. The van der Waals surface area contributed by atoms with Crippen molar-refractivity contribution in [3.63, 3.8) is 0 Å². The minimum atomic E-state index is -0.641. The fraction of sp³-hybridized carbons (Fsp3) is 0.429.